The van der Waals surface area contributed by atoms with Gasteiger partial charge in [-0.15, -0.1) is 0 Å². The molecule has 2 heterocycles. The van der Waals surface area contributed by atoms with Crippen LogP contribution in [0.4, 0.5) is 5.82 Å². The van der Waals surface area contributed by atoms with Gasteiger partial charge in [0.2, 0.25) is 0 Å². The van der Waals surface area contributed by atoms with E-state index < -0.39 is 5.97 Å². The average molecular weight is 451 g/mol. The van der Waals surface area contributed by atoms with Crippen molar-refractivity contribution < 1.29 is 9.53 Å². The van der Waals surface area contributed by atoms with Crippen molar-refractivity contribution in [1.29, 1.82) is 0 Å². The van der Waals surface area contributed by atoms with Gasteiger partial charge in [-0.3, -0.25) is 4.57 Å². The SMILES string of the molecule is CC[C@@H](C)c1ccc(-n2c(N)c(C(=O)OCc3ccccc3)c3nc4ccccc4nc32)cc1. The first-order valence-corrected chi connectivity index (χ1v) is 11.4. The van der Waals surface area contributed by atoms with E-state index in [1.807, 2.05) is 66.7 Å². The standard InChI is InChI=1S/C28H26N4O2/c1-3-18(2)20-13-15-21(16-14-20)32-26(29)24(28(33)34-17-19-9-5-4-6-10-19)25-27(32)31-23-12-8-7-11-22(23)30-25/h4-16,18H,3,17,29H2,1-2H3/t18-/m1/s1. The van der Waals surface area contributed by atoms with Crippen molar-refractivity contribution in [1.82, 2.24) is 14.5 Å². The number of hydrogen-bond acceptors (Lipinski definition) is 5. The van der Waals surface area contributed by atoms with Gasteiger partial charge >= 0.3 is 5.97 Å². The maximum atomic E-state index is 13.2. The quantitative estimate of drug-likeness (QED) is 0.320. The van der Waals surface area contributed by atoms with Crippen LogP contribution in [0.15, 0.2) is 78.9 Å². The molecule has 0 fully saturated rings. The highest BCUT2D eigenvalue weighted by molar-refractivity contribution is 6.09. The third kappa shape index (κ3) is 3.88. The third-order valence-electron chi connectivity index (χ3n) is 6.25. The van der Waals surface area contributed by atoms with Gasteiger partial charge in [-0.25, -0.2) is 14.8 Å². The number of benzene rings is 3. The zero-order chi connectivity index (χ0) is 23.7. The Hall–Kier alpha value is -4.19. The summed E-state index contributed by atoms with van der Waals surface area (Å²) in [6.45, 7) is 4.52. The van der Waals surface area contributed by atoms with Gasteiger partial charge in [-0.1, -0.05) is 68.4 Å². The van der Waals surface area contributed by atoms with Crippen LogP contribution in [0.1, 0.15) is 47.7 Å². The predicted octanol–water partition coefficient (Wildman–Crippen LogP) is 6.03. The molecular weight excluding hydrogens is 424 g/mol. The maximum Gasteiger partial charge on any atom is 0.344 e. The summed E-state index contributed by atoms with van der Waals surface area (Å²) in [7, 11) is 0. The molecule has 0 bridgehead atoms. The van der Waals surface area contributed by atoms with Gasteiger partial charge in [0.15, 0.2) is 5.65 Å². The summed E-state index contributed by atoms with van der Waals surface area (Å²) in [4.78, 5) is 22.8. The number of aromatic nitrogens is 3. The summed E-state index contributed by atoms with van der Waals surface area (Å²) in [5, 5.41) is 0. The second-order valence-electron chi connectivity index (χ2n) is 8.44. The molecule has 0 aliphatic carbocycles. The molecule has 5 aromatic rings. The highest BCUT2D eigenvalue weighted by atomic mass is 16.5. The number of carbonyl (C=O) groups excluding carboxylic acids is 1. The number of hydrogen-bond donors (Lipinski definition) is 1. The number of rotatable bonds is 6. The lowest BCUT2D eigenvalue weighted by atomic mass is 9.99. The van der Waals surface area contributed by atoms with Crippen LogP contribution >= 0.6 is 0 Å². The zero-order valence-corrected chi connectivity index (χ0v) is 19.2. The number of carbonyl (C=O) groups is 1. The number of nitrogen functional groups attached to an aromatic ring is 1. The van der Waals surface area contributed by atoms with Crippen molar-refractivity contribution in [2.75, 3.05) is 5.73 Å². The Morgan fingerprint density at radius 2 is 1.59 bits per heavy atom. The minimum absolute atomic E-state index is 0.149. The van der Waals surface area contributed by atoms with Gasteiger partial charge in [0.1, 0.15) is 23.5 Å². The number of ether oxygens (including phenoxy) is 1. The molecule has 2 aromatic heterocycles. The van der Waals surface area contributed by atoms with Crippen molar-refractivity contribution in [2.45, 2.75) is 32.8 Å². The largest absolute Gasteiger partial charge is 0.457 e. The molecule has 0 aliphatic rings. The Kier molecular flexibility index (Phi) is 5.72. The number of para-hydroxylation sites is 2. The van der Waals surface area contributed by atoms with Crippen molar-refractivity contribution >= 4 is 34.0 Å². The second-order valence-corrected chi connectivity index (χ2v) is 8.44. The van der Waals surface area contributed by atoms with Gasteiger partial charge in [0, 0.05) is 5.69 Å². The minimum atomic E-state index is -0.522. The fourth-order valence-electron chi connectivity index (χ4n) is 4.11. The molecule has 6 heteroatoms. The van der Waals surface area contributed by atoms with Crippen LogP contribution < -0.4 is 5.73 Å². The van der Waals surface area contributed by atoms with Crippen LogP contribution in [0.25, 0.3) is 27.9 Å². The summed E-state index contributed by atoms with van der Waals surface area (Å²) < 4.78 is 7.42. The third-order valence-corrected chi connectivity index (χ3v) is 6.25. The van der Waals surface area contributed by atoms with Crippen molar-refractivity contribution in [2.24, 2.45) is 0 Å². The normalized spacial score (nSPS) is 12.2. The molecule has 6 nitrogen and oxygen atoms in total. The molecule has 170 valence electrons. The maximum absolute atomic E-state index is 13.2. The molecule has 0 saturated heterocycles. The van der Waals surface area contributed by atoms with Crippen LogP contribution in [0.5, 0.6) is 0 Å². The van der Waals surface area contributed by atoms with E-state index in [1.54, 1.807) is 4.57 Å². The number of nitrogens with two attached hydrogens (primary N) is 1. The molecule has 0 amide bonds. The lowest BCUT2D eigenvalue weighted by Gasteiger charge is -2.12. The van der Waals surface area contributed by atoms with E-state index in [9.17, 15) is 4.79 Å². The van der Waals surface area contributed by atoms with Gasteiger partial charge in [-0.05, 0) is 47.7 Å². The van der Waals surface area contributed by atoms with Gasteiger partial charge in [-0.2, -0.15) is 0 Å². The van der Waals surface area contributed by atoms with Crippen LogP contribution in [-0.2, 0) is 11.3 Å². The fraction of sp³-hybridized carbons (Fsp3) is 0.179. The van der Waals surface area contributed by atoms with Crippen LogP contribution in [-0.4, -0.2) is 20.5 Å². The molecular formula is C28H26N4O2. The Labute approximate surface area is 198 Å². The van der Waals surface area contributed by atoms with E-state index in [-0.39, 0.29) is 18.0 Å². The monoisotopic (exact) mass is 450 g/mol. The van der Waals surface area contributed by atoms with Crippen molar-refractivity contribution in [3.05, 3.63) is 95.6 Å². The first-order chi connectivity index (χ1) is 16.6. The number of fused-ring (bicyclic) bond motifs is 2. The molecule has 1 atom stereocenters. The Morgan fingerprint density at radius 1 is 0.941 bits per heavy atom. The fourth-order valence-corrected chi connectivity index (χ4v) is 4.11. The molecule has 3 aromatic carbocycles. The number of anilines is 1. The highest BCUT2D eigenvalue weighted by Crippen LogP contribution is 2.32. The Bertz CT molecular complexity index is 1470. The second kappa shape index (κ2) is 8.98. The lowest BCUT2D eigenvalue weighted by Crippen LogP contribution is -2.09. The Balaban J connectivity index is 1.64. The average Bonchev–Trinajstić information content (AvgIpc) is 3.16. The van der Waals surface area contributed by atoms with Crippen LogP contribution in [0.2, 0.25) is 0 Å². The highest BCUT2D eigenvalue weighted by Gasteiger charge is 2.26. The van der Waals surface area contributed by atoms with E-state index >= 15 is 0 Å². The van der Waals surface area contributed by atoms with Crippen LogP contribution in [0.3, 0.4) is 0 Å². The van der Waals surface area contributed by atoms with Crippen molar-refractivity contribution in [3.63, 3.8) is 0 Å². The first-order valence-electron chi connectivity index (χ1n) is 11.4. The molecule has 0 unspecified atom stereocenters. The van der Waals surface area contributed by atoms with E-state index in [4.69, 9.17) is 20.4 Å². The molecule has 34 heavy (non-hydrogen) atoms. The first kappa shape index (κ1) is 21.6. The van der Waals surface area contributed by atoms with E-state index in [2.05, 4.69) is 26.0 Å². The topological polar surface area (TPSA) is 83.0 Å². The van der Waals surface area contributed by atoms with Crippen LogP contribution in [0, 0.1) is 0 Å². The Morgan fingerprint density at radius 3 is 2.26 bits per heavy atom. The lowest BCUT2D eigenvalue weighted by molar-refractivity contribution is 0.0476. The molecule has 0 saturated carbocycles. The van der Waals surface area contributed by atoms with Crippen molar-refractivity contribution in [3.8, 4) is 5.69 Å². The summed E-state index contributed by atoms with van der Waals surface area (Å²) in [6.07, 6.45) is 1.06. The molecule has 0 spiro atoms. The van der Waals surface area contributed by atoms with E-state index in [0.29, 0.717) is 22.6 Å². The smallest absolute Gasteiger partial charge is 0.344 e. The summed E-state index contributed by atoms with van der Waals surface area (Å²) in [6, 6.07) is 25.3. The number of esters is 1. The molecule has 2 N–H and O–H groups in total. The summed E-state index contributed by atoms with van der Waals surface area (Å²) in [5.41, 5.74) is 12.2. The van der Waals surface area contributed by atoms with Gasteiger partial charge < -0.3 is 10.5 Å². The summed E-state index contributed by atoms with van der Waals surface area (Å²) in [5.74, 6) is 0.200. The summed E-state index contributed by atoms with van der Waals surface area (Å²) >= 11 is 0. The molecule has 0 radical (unpaired) electrons. The van der Waals surface area contributed by atoms with E-state index in [0.717, 1.165) is 23.2 Å². The molecule has 0 aliphatic heterocycles. The molecule has 5 rings (SSSR count). The van der Waals surface area contributed by atoms with Gasteiger partial charge in [0.25, 0.3) is 0 Å². The number of nitrogens with zero attached hydrogens (tertiary/aromatic N) is 3. The zero-order valence-electron chi connectivity index (χ0n) is 19.2. The van der Waals surface area contributed by atoms with E-state index in [1.165, 1.54) is 5.56 Å². The minimum Gasteiger partial charge on any atom is -0.457 e. The van der Waals surface area contributed by atoms with Gasteiger partial charge in [0.05, 0.1) is 11.0 Å². The predicted molar refractivity (Wildman–Crippen MR) is 135 cm³/mol.